The van der Waals surface area contributed by atoms with Crippen LogP contribution in [0.5, 0.6) is 0 Å². The van der Waals surface area contributed by atoms with E-state index in [0.29, 0.717) is 0 Å². The average Bonchev–Trinajstić information content (AvgIpc) is 2.71. The summed E-state index contributed by atoms with van der Waals surface area (Å²) in [5, 5.41) is 1.74. The van der Waals surface area contributed by atoms with Gasteiger partial charge in [-0.1, -0.05) is 81.4 Å². The second-order valence-electron chi connectivity index (χ2n) is 8.72. The second-order valence-corrected chi connectivity index (χ2v) is 15.1. The molecule has 0 N–H and O–H groups in total. The highest BCUT2D eigenvalue weighted by Gasteiger charge is 2.50. The first-order valence-electron chi connectivity index (χ1n) is 11.0. The molecule has 0 aliphatic heterocycles. The van der Waals surface area contributed by atoms with E-state index >= 15 is 0 Å². The monoisotopic (exact) mass is 484 g/mol. The van der Waals surface area contributed by atoms with E-state index < -0.39 is 34.4 Å². The van der Waals surface area contributed by atoms with Crippen LogP contribution in [0.15, 0.2) is 60.7 Å². The highest BCUT2D eigenvalue weighted by Crippen LogP contribution is 2.52. The Labute approximate surface area is 192 Å². The van der Waals surface area contributed by atoms with Gasteiger partial charge < -0.3 is 13.5 Å². The Morgan fingerprint density at radius 3 is 1.66 bits per heavy atom. The summed E-state index contributed by atoms with van der Waals surface area (Å²) in [5.74, 6) is -3.24. The van der Waals surface area contributed by atoms with Crippen LogP contribution in [0.1, 0.15) is 41.0 Å². The van der Waals surface area contributed by atoms with E-state index in [1.165, 1.54) is 0 Å². The predicted octanol–water partition coefficient (Wildman–Crippen LogP) is 5.85. The van der Waals surface area contributed by atoms with Crippen LogP contribution in [0.2, 0.25) is 5.04 Å². The lowest BCUT2D eigenvalue weighted by Crippen LogP contribution is -2.66. The first kappa shape index (κ1) is 26.9. The zero-order valence-corrected chi connectivity index (χ0v) is 21.5. The van der Waals surface area contributed by atoms with Crippen LogP contribution in [0.3, 0.4) is 0 Å². The van der Waals surface area contributed by atoms with Gasteiger partial charge in [-0.3, -0.25) is 4.57 Å². The highest BCUT2D eigenvalue weighted by molar-refractivity contribution is 7.53. The standard InChI is InChI=1S/C24H35F2O4PSi/c1-6-28-31(27,29-7-2)20-24(25,26)18-19-30-32(23(3,4)5,21-14-10-8-11-15-21)22-16-12-9-13-17-22/h8-17H,6-7,18-20H2,1-5H3. The van der Waals surface area contributed by atoms with E-state index in [9.17, 15) is 13.3 Å². The third-order valence-electron chi connectivity index (χ3n) is 5.28. The van der Waals surface area contributed by atoms with Crippen molar-refractivity contribution in [2.24, 2.45) is 0 Å². The normalized spacial score (nSPS) is 13.3. The molecule has 0 atom stereocenters. The fourth-order valence-corrected chi connectivity index (χ4v) is 10.3. The third-order valence-corrected chi connectivity index (χ3v) is 12.5. The lowest BCUT2D eigenvalue weighted by molar-refractivity contribution is -0.00298. The minimum absolute atomic E-state index is 0.0475. The van der Waals surface area contributed by atoms with Crippen molar-refractivity contribution < 1.29 is 26.8 Å². The second kappa shape index (κ2) is 11.2. The SMILES string of the molecule is CCOP(=O)(CC(F)(F)CCO[Si](c1ccccc1)(c1ccccc1)C(C)(C)C)OCC. The quantitative estimate of drug-likeness (QED) is 0.280. The highest BCUT2D eigenvalue weighted by atomic mass is 31.2. The van der Waals surface area contributed by atoms with Gasteiger partial charge >= 0.3 is 7.60 Å². The molecule has 0 bridgehead atoms. The molecule has 0 aliphatic rings. The largest absolute Gasteiger partial charge is 0.407 e. The van der Waals surface area contributed by atoms with Crippen LogP contribution in [-0.4, -0.2) is 40.2 Å². The van der Waals surface area contributed by atoms with Crippen molar-refractivity contribution in [1.82, 2.24) is 0 Å². The number of halogens is 2. The van der Waals surface area contributed by atoms with E-state index in [0.717, 1.165) is 10.4 Å². The molecule has 2 aromatic carbocycles. The molecule has 0 saturated heterocycles. The minimum atomic E-state index is -3.86. The fraction of sp³-hybridized carbons (Fsp3) is 0.500. The number of hydrogen-bond acceptors (Lipinski definition) is 4. The Bertz CT molecular complexity index is 823. The van der Waals surface area contributed by atoms with Crippen LogP contribution < -0.4 is 10.4 Å². The van der Waals surface area contributed by atoms with Crippen molar-refractivity contribution >= 4 is 26.3 Å². The number of benzene rings is 2. The Balaban J connectivity index is 2.33. The molecule has 4 nitrogen and oxygen atoms in total. The molecule has 0 saturated carbocycles. The molecule has 0 radical (unpaired) electrons. The van der Waals surface area contributed by atoms with Gasteiger partial charge in [0.25, 0.3) is 14.2 Å². The van der Waals surface area contributed by atoms with Crippen LogP contribution in [0, 0.1) is 0 Å². The van der Waals surface area contributed by atoms with Crippen LogP contribution in [0.25, 0.3) is 0 Å². The molecule has 8 heteroatoms. The van der Waals surface area contributed by atoms with Gasteiger partial charge in [0.05, 0.1) is 13.2 Å². The number of rotatable bonds is 12. The molecule has 0 amide bonds. The minimum Gasteiger partial charge on any atom is -0.407 e. The summed E-state index contributed by atoms with van der Waals surface area (Å²) in [7, 11) is -6.77. The maximum absolute atomic E-state index is 14.8. The van der Waals surface area contributed by atoms with Crippen molar-refractivity contribution in [1.29, 1.82) is 0 Å². The fourth-order valence-electron chi connectivity index (χ4n) is 4.00. The molecule has 2 rings (SSSR count). The average molecular weight is 485 g/mol. The molecular weight excluding hydrogens is 449 g/mol. The summed E-state index contributed by atoms with van der Waals surface area (Å²) in [6.45, 7) is 9.42. The molecule has 32 heavy (non-hydrogen) atoms. The van der Waals surface area contributed by atoms with Crippen molar-refractivity contribution in [2.45, 2.75) is 52.0 Å². The van der Waals surface area contributed by atoms with Crippen molar-refractivity contribution in [3.05, 3.63) is 60.7 Å². The van der Waals surface area contributed by atoms with Crippen molar-refractivity contribution in [3.8, 4) is 0 Å². The smallest absolute Gasteiger partial charge is 0.336 e. The van der Waals surface area contributed by atoms with Gasteiger partial charge in [0, 0.05) is 13.0 Å². The molecule has 2 aromatic rings. The molecule has 0 heterocycles. The summed E-state index contributed by atoms with van der Waals surface area (Å²) in [6, 6.07) is 19.7. The van der Waals surface area contributed by atoms with Gasteiger partial charge in [-0.05, 0) is 29.3 Å². The Kier molecular flexibility index (Phi) is 9.38. The van der Waals surface area contributed by atoms with Crippen LogP contribution in [0.4, 0.5) is 8.78 Å². The molecule has 0 spiro atoms. The van der Waals surface area contributed by atoms with E-state index in [1.54, 1.807) is 13.8 Å². The summed E-state index contributed by atoms with van der Waals surface area (Å²) in [4.78, 5) is 0. The van der Waals surface area contributed by atoms with Gasteiger partial charge in [0.1, 0.15) is 6.16 Å². The Morgan fingerprint density at radius 2 is 1.28 bits per heavy atom. The van der Waals surface area contributed by atoms with Gasteiger partial charge in [-0.15, -0.1) is 0 Å². The van der Waals surface area contributed by atoms with Gasteiger partial charge in [-0.2, -0.15) is 0 Å². The Morgan fingerprint density at radius 1 is 0.844 bits per heavy atom. The van der Waals surface area contributed by atoms with Gasteiger partial charge in [-0.25, -0.2) is 8.78 Å². The third kappa shape index (κ3) is 6.58. The number of hydrogen-bond donors (Lipinski definition) is 0. The van der Waals surface area contributed by atoms with E-state index in [1.807, 2.05) is 60.7 Å². The lowest BCUT2D eigenvalue weighted by atomic mass is 10.2. The molecule has 0 fully saturated rings. The Hall–Kier alpha value is -1.37. The topological polar surface area (TPSA) is 44.8 Å². The molecule has 0 aromatic heterocycles. The first-order chi connectivity index (χ1) is 15.0. The zero-order chi connectivity index (χ0) is 23.9. The summed E-state index contributed by atoms with van der Waals surface area (Å²) >= 11 is 0. The number of alkyl halides is 2. The summed E-state index contributed by atoms with van der Waals surface area (Å²) in [5.41, 5.74) is 0. The summed E-state index contributed by atoms with van der Waals surface area (Å²) < 4.78 is 59.0. The maximum Gasteiger partial charge on any atom is 0.336 e. The summed E-state index contributed by atoms with van der Waals surface area (Å²) in [6.07, 6.45) is -1.52. The van der Waals surface area contributed by atoms with Crippen LogP contribution >= 0.6 is 7.60 Å². The maximum atomic E-state index is 14.8. The van der Waals surface area contributed by atoms with Crippen molar-refractivity contribution in [2.75, 3.05) is 26.0 Å². The van der Waals surface area contributed by atoms with E-state index in [2.05, 4.69) is 20.8 Å². The zero-order valence-electron chi connectivity index (χ0n) is 19.6. The first-order valence-corrected chi connectivity index (χ1v) is 14.6. The van der Waals surface area contributed by atoms with Crippen LogP contribution in [-0.2, 0) is 18.0 Å². The lowest BCUT2D eigenvalue weighted by Gasteiger charge is -2.43. The van der Waals surface area contributed by atoms with E-state index in [-0.39, 0.29) is 24.9 Å². The van der Waals surface area contributed by atoms with Gasteiger partial charge in [0.15, 0.2) is 0 Å². The molecule has 0 aliphatic carbocycles. The van der Waals surface area contributed by atoms with Crippen molar-refractivity contribution in [3.63, 3.8) is 0 Å². The predicted molar refractivity (Wildman–Crippen MR) is 129 cm³/mol. The molecular formula is C24H35F2O4PSi. The van der Waals surface area contributed by atoms with E-state index in [4.69, 9.17) is 13.5 Å². The molecule has 0 unspecified atom stereocenters. The molecule has 178 valence electrons. The van der Waals surface area contributed by atoms with Gasteiger partial charge in [0.2, 0.25) is 0 Å².